The van der Waals surface area contributed by atoms with Crippen LogP contribution in [0.1, 0.15) is 34.6 Å². The van der Waals surface area contributed by atoms with E-state index in [0.717, 1.165) is 39.3 Å². The second kappa shape index (κ2) is 8.02. The van der Waals surface area contributed by atoms with Crippen molar-refractivity contribution in [1.82, 2.24) is 9.80 Å². The van der Waals surface area contributed by atoms with Crippen molar-refractivity contribution in [3.8, 4) is 11.8 Å². The topological polar surface area (TPSA) is 15.7 Å². The molecule has 0 aromatic heterocycles. The van der Waals surface area contributed by atoms with Crippen LogP contribution in [0.15, 0.2) is 0 Å². The van der Waals surface area contributed by atoms with E-state index in [9.17, 15) is 0 Å². The SMILES string of the molecule is CC(C)C#CCN1CCO[C@H](CN(C)CC(C)(C)C)C1. The smallest absolute Gasteiger partial charge is 0.0829 e. The van der Waals surface area contributed by atoms with Crippen molar-refractivity contribution in [2.75, 3.05) is 46.4 Å². The quantitative estimate of drug-likeness (QED) is 0.735. The summed E-state index contributed by atoms with van der Waals surface area (Å²) < 4.78 is 5.89. The molecule has 1 aliphatic heterocycles. The molecule has 0 aliphatic carbocycles. The molecule has 1 rings (SSSR count). The minimum atomic E-state index is 0.317. The fourth-order valence-corrected chi connectivity index (χ4v) is 2.62. The minimum Gasteiger partial charge on any atom is -0.374 e. The third-order valence-electron chi connectivity index (χ3n) is 3.18. The lowest BCUT2D eigenvalue weighted by Crippen LogP contribution is -2.47. The molecule has 1 heterocycles. The zero-order valence-electron chi connectivity index (χ0n) is 14.2. The van der Waals surface area contributed by atoms with Crippen LogP contribution in [0.2, 0.25) is 0 Å². The summed E-state index contributed by atoms with van der Waals surface area (Å²) in [5.74, 6) is 6.97. The molecule has 0 N–H and O–H groups in total. The summed E-state index contributed by atoms with van der Waals surface area (Å²) in [6.45, 7) is 16.9. The Morgan fingerprint density at radius 1 is 1.35 bits per heavy atom. The van der Waals surface area contributed by atoms with Gasteiger partial charge < -0.3 is 9.64 Å². The molecule has 0 radical (unpaired) electrons. The Morgan fingerprint density at radius 2 is 2.05 bits per heavy atom. The molecule has 1 aliphatic rings. The van der Waals surface area contributed by atoms with Crippen LogP contribution in [0, 0.1) is 23.2 Å². The Hall–Kier alpha value is -0.560. The third-order valence-corrected chi connectivity index (χ3v) is 3.18. The molecule has 0 aromatic carbocycles. The van der Waals surface area contributed by atoms with Crippen LogP contribution < -0.4 is 0 Å². The molecule has 1 fully saturated rings. The van der Waals surface area contributed by atoms with E-state index < -0.39 is 0 Å². The average Bonchev–Trinajstić information content (AvgIpc) is 2.26. The Labute approximate surface area is 125 Å². The Balaban J connectivity index is 2.36. The largest absolute Gasteiger partial charge is 0.374 e. The maximum absolute atomic E-state index is 5.89. The summed E-state index contributed by atoms with van der Waals surface area (Å²) in [5.41, 5.74) is 0.339. The van der Waals surface area contributed by atoms with Crippen LogP contribution in [-0.2, 0) is 4.74 Å². The lowest BCUT2D eigenvalue weighted by atomic mass is 9.96. The molecule has 3 heteroatoms. The van der Waals surface area contributed by atoms with Gasteiger partial charge in [0.05, 0.1) is 19.3 Å². The number of likely N-dealkylation sites (N-methyl/N-ethyl adjacent to an activating group) is 1. The molecule has 0 bridgehead atoms. The van der Waals surface area contributed by atoms with Crippen molar-refractivity contribution >= 4 is 0 Å². The molecule has 1 saturated heterocycles. The Kier molecular flexibility index (Phi) is 7.02. The highest BCUT2D eigenvalue weighted by molar-refractivity contribution is 5.03. The second-order valence-electron chi connectivity index (χ2n) is 7.46. The maximum atomic E-state index is 5.89. The average molecular weight is 280 g/mol. The van der Waals surface area contributed by atoms with Gasteiger partial charge in [0.2, 0.25) is 0 Å². The molecule has 0 saturated carbocycles. The van der Waals surface area contributed by atoms with Gasteiger partial charge in [-0.25, -0.2) is 0 Å². The molecule has 0 spiro atoms. The molecule has 116 valence electrons. The minimum absolute atomic E-state index is 0.317. The van der Waals surface area contributed by atoms with Gasteiger partial charge in [-0.3, -0.25) is 4.90 Å². The monoisotopic (exact) mass is 280 g/mol. The van der Waals surface area contributed by atoms with Gasteiger partial charge in [-0.1, -0.05) is 46.5 Å². The standard InChI is InChI=1S/C17H32N2O/c1-15(2)8-7-9-19-10-11-20-16(13-19)12-18(6)14-17(3,4)5/h15-16H,9-14H2,1-6H3/t16-/m1/s1. The van der Waals surface area contributed by atoms with Crippen molar-refractivity contribution in [2.45, 2.75) is 40.7 Å². The van der Waals surface area contributed by atoms with Crippen molar-refractivity contribution in [3.05, 3.63) is 0 Å². The first-order valence-electron chi connectivity index (χ1n) is 7.77. The molecular weight excluding hydrogens is 248 g/mol. The summed E-state index contributed by atoms with van der Waals surface area (Å²) >= 11 is 0. The van der Waals surface area contributed by atoms with Crippen LogP contribution in [-0.4, -0.2) is 62.3 Å². The predicted octanol–water partition coefficient (Wildman–Crippen LogP) is 2.32. The third kappa shape index (κ3) is 7.89. The van der Waals surface area contributed by atoms with E-state index in [1.54, 1.807) is 0 Å². The van der Waals surface area contributed by atoms with E-state index in [4.69, 9.17) is 4.74 Å². The molecule has 3 nitrogen and oxygen atoms in total. The summed E-state index contributed by atoms with van der Waals surface area (Å²) in [6, 6.07) is 0. The summed E-state index contributed by atoms with van der Waals surface area (Å²) in [7, 11) is 2.19. The lowest BCUT2D eigenvalue weighted by molar-refractivity contribution is -0.0390. The highest BCUT2D eigenvalue weighted by Gasteiger charge is 2.22. The first-order valence-corrected chi connectivity index (χ1v) is 7.77. The van der Waals surface area contributed by atoms with Gasteiger partial charge in [-0.05, 0) is 12.5 Å². The molecule has 20 heavy (non-hydrogen) atoms. The maximum Gasteiger partial charge on any atom is 0.0829 e. The van der Waals surface area contributed by atoms with Crippen molar-refractivity contribution < 1.29 is 4.74 Å². The zero-order valence-corrected chi connectivity index (χ0v) is 14.2. The Morgan fingerprint density at radius 3 is 2.65 bits per heavy atom. The van der Waals surface area contributed by atoms with Gasteiger partial charge in [-0.2, -0.15) is 0 Å². The van der Waals surface area contributed by atoms with E-state index >= 15 is 0 Å². The normalized spacial score (nSPS) is 21.1. The van der Waals surface area contributed by atoms with Gasteiger partial charge in [-0.15, -0.1) is 0 Å². The number of morpholine rings is 1. The van der Waals surface area contributed by atoms with Gasteiger partial charge in [0, 0.05) is 32.1 Å². The number of rotatable bonds is 4. The first kappa shape index (κ1) is 17.5. The van der Waals surface area contributed by atoms with Gasteiger partial charge in [0.25, 0.3) is 0 Å². The van der Waals surface area contributed by atoms with Gasteiger partial charge in [0.15, 0.2) is 0 Å². The molecule has 0 aromatic rings. The number of nitrogens with zero attached hydrogens (tertiary/aromatic N) is 2. The Bertz CT molecular complexity index is 335. The van der Waals surface area contributed by atoms with Crippen LogP contribution in [0.3, 0.4) is 0 Å². The lowest BCUT2D eigenvalue weighted by Gasteiger charge is -2.35. The second-order valence-corrected chi connectivity index (χ2v) is 7.46. The first-order chi connectivity index (χ1) is 9.26. The van der Waals surface area contributed by atoms with Crippen LogP contribution in [0.4, 0.5) is 0 Å². The zero-order chi connectivity index (χ0) is 15.2. The van der Waals surface area contributed by atoms with Crippen LogP contribution in [0.25, 0.3) is 0 Å². The van der Waals surface area contributed by atoms with Crippen LogP contribution in [0.5, 0.6) is 0 Å². The highest BCUT2D eigenvalue weighted by atomic mass is 16.5. The fourth-order valence-electron chi connectivity index (χ4n) is 2.62. The molecular formula is C17H32N2O. The summed E-state index contributed by atoms with van der Waals surface area (Å²) in [5, 5.41) is 0. The summed E-state index contributed by atoms with van der Waals surface area (Å²) in [6.07, 6.45) is 0.317. The van der Waals surface area contributed by atoms with E-state index in [1.165, 1.54) is 0 Å². The number of ether oxygens (including phenoxy) is 1. The van der Waals surface area contributed by atoms with E-state index in [1.807, 2.05) is 0 Å². The van der Waals surface area contributed by atoms with Crippen molar-refractivity contribution in [2.24, 2.45) is 11.3 Å². The number of hydrogen-bond acceptors (Lipinski definition) is 3. The fraction of sp³-hybridized carbons (Fsp3) is 0.882. The van der Waals surface area contributed by atoms with Gasteiger partial charge >= 0.3 is 0 Å². The van der Waals surface area contributed by atoms with Crippen LogP contribution >= 0.6 is 0 Å². The number of hydrogen-bond donors (Lipinski definition) is 0. The van der Waals surface area contributed by atoms with E-state index in [2.05, 4.69) is 63.3 Å². The highest BCUT2D eigenvalue weighted by Crippen LogP contribution is 2.15. The molecule has 0 unspecified atom stereocenters. The molecule has 1 atom stereocenters. The van der Waals surface area contributed by atoms with E-state index in [-0.39, 0.29) is 0 Å². The van der Waals surface area contributed by atoms with Crippen molar-refractivity contribution in [3.63, 3.8) is 0 Å². The van der Waals surface area contributed by atoms with E-state index in [0.29, 0.717) is 17.4 Å². The molecule has 0 amide bonds. The van der Waals surface area contributed by atoms with Gasteiger partial charge in [0.1, 0.15) is 0 Å². The predicted molar refractivity (Wildman–Crippen MR) is 85.7 cm³/mol. The summed E-state index contributed by atoms with van der Waals surface area (Å²) in [4.78, 5) is 4.79. The van der Waals surface area contributed by atoms with Crippen molar-refractivity contribution in [1.29, 1.82) is 0 Å².